The van der Waals surface area contributed by atoms with Crippen LogP contribution in [0.5, 0.6) is 0 Å². The van der Waals surface area contributed by atoms with Gasteiger partial charge in [-0.25, -0.2) is 18.5 Å². The van der Waals surface area contributed by atoms with Gasteiger partial charge in [-0.15, -0.1) is 35.3 Å². The predicted octanol–water partition coefficient (Wildman–Crippen LogP) is 1.89. The van der Waals surface area contributed by atoms with Gasteiger partial charge in [0.1, 0.15) is 4.21 Å². The fourth-order valence-electron chi connectivity index (χ4n) is 2.01. The maximum absolute atomic E-state index is 11.3. The molecule has 1 saturated carbocycles. The van der Waals surface area contributed by atoms with Gasteiger partial charge in [0.2, 0.25) is 10.0 Å². The SMILES string of the molecule is CCNC(=NCc1ccc(S(N)(=O)=O)s1)NCCCOCC1CC1.I. The van der Waals surface area contributed by atoms with E-state index in [0.717, 1.165) is 54.9 Å². The first kappa shape index (κ1) is 22.6. The summed E-state index contributed by atoms with van der Waals surface area (Å²) in [5.74, 6) is 1.51. The molecule has 2 rings (SSSR count). The predicted molar refractivity (Wildman–Crippen MR) is 112 cm³/mol. The van der Waals surface area contributed by atoms with Gasteiger partial charge in [-0.1, -0.05) is 0 Å². The molecule has 1 aliphatic rings. The van der Waals surface area contributed by atoms with Gasteiger partial charge >= 0.3 is 0 Å². The van der Waals surface area contributed by atoms with Crippen LogP contribution in [0.4, 0.5) is 0 Å². The molecule has 10 heteroatoms. The number of thiophene rings is 1. The molecular weight excluding hydrogens is 475 g/mol. The molecule has 0 atom stereocenters. The van der Waals surface area contributed by atoms with Crippen LogP contribution < -0.4 is 15.8 Å². The van der Waals surface area contributed by atoms with E-state index in [0.29, 0.717) is 12.5 Å². The lowest BCUT2D eigenvalue weighted by Crippen LogP contribution is -2.38. The standard InChI is InChI=1S/C15H26N4O3S2.HI/c1-2-17-15(18-8-3-9-22-11-12-4-5-12)19-10-13-6-7-14(23-13)24(16,20)21;/h6-7,12H,2-5,8-11H2,1H3,(H2,16,20,21)(H2,17,18,19);1H. The molecule has 0 spiro atoms. The van der Waals surface area contributed by atoms with E-state index in [1.54, 1.807) is 6.07 Å². The van der Waals surface area contributed by atoms with Crippen molar-refractivity contribution in [1.29, 1.82) is 0 Å². The van der Waals surface area contributed by atoms with Gasteiger partial charge in [-0.05, 0) is 44.2 Å². The Balaban J connectivity index is 0.00000312. The number of nitrogens with zero attached hydrogens (tertiary/aromatic N) is 1. The zero-order valence-electron chi connectivity index (χ0n) is 14.4. The fourth-order valence-corrected chi connectivity index (χ4v) is 3.71. The summed E-state index contributed by atoms with van der Waals surface area (Å²) < 4.78 is 28.3. The van der Waals surface area contributed by atoms with Crippen LogP contribution >= 0.6 is 35.3 Å². The number of halogens is 1. The highest BCUT2D eigenvalue weighted by molar-refractivity contribution is 14.0. The first-order valence-electron chi connectivity index (χ1n) is 8.20. The summed E-state index contributed by atoms with van der Waals surface area (Å²) in [7, 11) is -3.63. The monoisotopic (exact) mass is 502 g/mol. The third-order valence-electron chi connectivity index (χ3n) is 3.46. The molecular formula is C15H27IN4O3S2. The maximum Gasteiger partial charge on any atom is 0.247 e. The highest BCUT2D eigenvalue weighted by Crippen LogP contribution is 2.28. The Bertz CT molecular complexity index is 645. The third kappa shape index (κ3) is 9.18. The minimum Gasteiger partial charge on any atom is -0.381 e. The summed E-state index contributed by atoms with van der Waals surface area (Å²) in [6, 6.07) is 3.26. The number of aliphatic imine (C=N–C) groups is 1. The minimum absolute atomic E-state index is 0. The van der Waals surface area contributed by atoms with Crippen molar-refractivity contribution in [3.63, 3.8) is 0 Å². The first-order valence-corrected chi connectivity index (χ1v) is 10.6. The molecule has 7 nitrogen and oxygen atoms in total. The summed E-state index contributed by atoms with van der Waals surface area (Å²) in [4.78, 5) is 5.31. The van der Waals surface area contributed by atoms with Crippen LogP contribution in [0.1, 0.15) is 31.1 Å². The minimum atomic E-state index is -3.63. The lowest BCUT2D eigenvalue weighted by Gasteiger charge is -2.11. The van der Waals surface area contributed by atoms with E-state index in [2.05, 4.69) is 15.6 Å². The molecule has 1 aromatic heterocycles. The van der Waals surface area contributed by atoms with Crippen LogP contribution in [0.15, 0.2) is 21.3 Å². The van der Waals surface area contributed by atoms with Crippen LogP contribution in [0.25, 0.3) is 0 Å². The van der Waals surface area contributed by atoms with Crippen molar-refractivity contribution < 1.29 is 13.2 Å². The number of hydrogen-bond acceptors (Lipinski definition) is 5. The van der Waals surface area contributed by atoms with Crippen molar-refractivity contribution in [2.75, 3.05) is 26.3 Å². The van der Waals surface area contributed by atoms with Crippen LogP contribution in [0, 0.1) is 5.92 Å². The maximum atomic E-state index is 11.3. The highest BCUT2D eigenvalue weighted by atomic mass is 127. The second-order valence-electron chi connectivity index (χ2n) is 5.76. The number of primary sulfonamides is 1. The zero-order chi connectivity index (χ0) is 17.4. The van der Waals surface area contributed by atoms with Crippen molar-refractivity contribution in [1.82, 2.24) is 10.6 Å². The average Bonchev–Trinajstić information content (AvgIpc) is 3.21. The van der Waals surface area contributed by atoms with E-state index in [1.165, 1.54) is 18.9 Å². The van der Waals surface area contributed by atoms with Gasteiger partial charge in [-0.2, -0.15) is 0 Å². The zero-order valence-corrected chi connectivity index (χ0v) is 18.3. The van der Waals surface area contributed by atoms with Crippen LogP contribution in [0.2, 0.25) is 0 Å². The number of nitrogens with two attached hydrogens (primary N) is 1. The molecule has 1 aromatic rings. The number of sulfonamides is 1. The molecule has 0 amide bonds. The second-order valence-corrected chi connectivity index (χ2v) is 8.72. The Morgan fingerprint density at radius 2 is 2.16 bits per heavy atom. The summed E-state index contributed by atoms with van der Waals surface area (Å²) >= 11 is 1.15. The molecule has 0 radical (unpaired) electrons. The molecule has 0 saturated heterocycles. The van der Waals surface area contributed by atoms with E-state index in [1.807, 2.05) is 6.92 Å². The number of guanidine groups is 1. The van der Waals surface area contributed by atoms with Crippen LogP contribution in [-0.2, 0) is 21.3 Å². The lowest BCUT2D eigenvalue weighted by molar-refractivity contribution is 0.123. The average molecular weight is 502 g/mol. The Kier molecular flexibility index (Phi) is 10.2. The summed E-state index contributed by atoms with van der Waals surface area (Å²) in [6.07, 6.45) is 3.54. The Hall–Kier alpha value is -0.430. The van der Waals surface area contributed by atoms with Crippen molar-refractivity contribution in [3.05, 3.63) is 17.0 Å². The molecule has 0 unspecified atom stereocenters. The summed E-state index contributed by atoms with van der Waals surface area (Å²) in [6.45, 7) is 5.60. The van der Waals surface area contributed by atoms with Crippen LogP contribution in [-0.4, -0.2) is 40.7 Å². The number of hydrogen-bond donors (Lipinski definition) is 3. The number of rotatable bonds is 10. The van der Waals surface area contributed by atoms with Crippen molar-refractivity contribution in [3.8, 4) is 0 Å². The molecule has 1 aliphatic carbocycles. The Morgan fingerprint density at radius 3 is 2.76 bits per heavy atom. The molecule has 25 heavy (non-hydrogen) atoms. The third-order valence-corrected chi connectivity index (χ3v) is 5.97. The molecule has 0 bridgehead atoms. The quantitative estimate of drug-likeness (QED) is 0.196. The smallest absolute Gasteiger partial charge is 0.247 e. The molecule has 1 heterocycles. The van der Waals surface area contributed by atoms with Gasteiger partial charge in [0.15, 0.2) is 5.96 Å². The topological polar surface area (TPSA) is 106 Å². The van der Waals surface area contributed by atoms with Gasteiger partial charge in [0.05, 0.1) is 6.54 Å². The van der Waals surface area contributed by atoms with Gasteiger partial charge in [-0.3, -0.25) is 0 Å². The van der Waals surface area contributed by atoms with Gasteiger partial charge < -0.3 is 15.4 Å². The van der Waals surface area contributed by atoms with E-state index in [-0.39, 0.29) is 28.2 Å². The fraction of sp³-hybridized carbons (Fsp3) is 0.667. The van der Waals surface area contributed by atoms with E-state index in [4.69, 9.17) is 9.88 Å². The Morgan fingerprint density at radius 1 is 1.40 bits per heavy atom. The van der Waals surface area contributed by atoms with Gasteiger partial charge in [0, 0.05) is 31.2 Å². The first-order chi connectivity index (χ1) is 11.5. The van der Waals surface area contributed by atoms with Crippen LogP contribution in [0.3, 0.4) is 0 Å². The van der Waals surface area contributed by atoms with Crippen molar-refractivity contribution in [2.24, 2.45) is 16.0 Å². The number of nitrogens with one attached hydrogen (secondary N) is 2. The largest absolute Gasteiger partial charge is 0.381 e. The molecule has 1 fully saturated rings. The Labute approximate surface area is 170 Å². The molecule has 4 N–H and O–H groups in total. The normalized spacial score (nSPS) is 14.9. The lowest BCUT2D eigenvalue weighted by atomic mass is 10.4. The number of ether oxygens (including phenoxy) is 1. The van der Waals surface area contributed by atoms with E-state index >= 15 is 0 Å². The van der Waals surface area contributed by atoms with Crippen molar-refractivity contribution in [2.45, 2.75) is 36.9 Å². The molecule has 144 valence electrons. The second kappa shape index (κ2) is 11.3. The molecule has 0 aliphatic heterocycles. The summed E-state index contributed by atoms with van der Waals surface area (Å²) in [5, 5.41) is 11.5. The molecule has 0 aromatic carbocycles. The van der Waals surface area contributed by atoms with E-state index in [9.17, 15) is 8.42 Å². The van der Waals surface area contributed by atoms with Crippen molar-refractivity contribution >= 4 is 51.3 Å². The highest BCUT2D eigenvalue weighted by Gasteiger charge is 2.20. The van der Waals surface area contributed by atoms with E-state index < -0.39 is 10.0 Å². The van der Waals surface area contributed by atoms with Gasteiger partial charge in [0.25, 0.3) is 0 Å². The summed E-state index contributed by atoms with van der Waals surface area (Å²) in [5.41, 5.74) is 0.